The van der Waals surface area contributed by atoms with Crippen LogP contribution in [-0.4, -0.2) is 19.2 Å². The molecule has 0 spiro atoms. The first-order chi connectivity index (χ1) is 8.26. The summed E-state index contributed by atoms with van der Waals surface area (Å²) in [6.07, 6.45) is 2.56. The Kier molecular flexibility index (Phi) is 5.86. The van der Waals surface area contributed by atoms with Crippen molar-refractivity contribution in [3.63, 3.8) is 0 Å². The standard InChI is InChI=1S/C14H18O3/c1-3-13(17-11-14(15)16-4-2)10-12-8-6-5-7-9-12/h3,5-9H,4,10-11H2,1-2H3/b13-3+. The van der Waals surface area contributed by atoms with Gasteiger partial charge in [-0.05, 0) is 25.5 Å². The summed E-state index contributed by atoms with van der Waals surface area (Å²) in [4.78, 5) is 11.1. The second kappa shape index (κ2) is 7.49. The molecule has 0 N–H and O–H groups in total. The Balaban J connectivity index is 2.43. The predicted molar refractivity (Wildman–Crippen MR) is 66.5 cm³/mol. The van der Waals surface area contributed by atoms with Gasteiger partial charge in [-0.15, -0.1) is 0 Å². The van der Waals surface area contributed by atoms with E-state index in [1.165, 1.54) is 0 Å². The molecule has 1 rings (SSSR count). The second-order valence-electron chi connectivity index (χ2n) is 3.51. The molecular weight excluding hydrogens is 216 g/mol. The number of carbonyl (C=O) groups is 1. The topological polar surface area (TPSA) is 35.5 Å². The van der Waals surface area contributed by atoms with E-state index in [-0.39, 0.29) is 12.6 Å². The third kappa shape index (κ3) is 5.20. The second-order valence-corrected chi connectivity index (χ2v) is 3.51. The molecule has 3 nitrogen and oxygen atoms in total. The number of benzene rings is 1. The first kappa shape index (κ1) is 13.3. The molecule has 0 bridgehead atoms. The van der Waals surface area contributed by atoms with Crippen molar-refractivity contribution in [3.05, 3.63) is 47.7 Å². The predicted octanol–water partition coefficient (Wildman–Crippen LogP) is 2.71. The number of esters is 1. The van der Waals surface area contributed by atoms with Crippen molar-refractivity contribution in [2.75, 3.05) is 13.2 Å². The third-order valence-corrected chi connectivity index (χ3v) is 2.22. The van der Waals surface area contributed by atoms with E-state index < -0.39 is 0 Å². The summed E-state index contributed by atoms with van der Waals surface area (Å²) in [6, 6.07) is 9.98. The molecule has 0 saturated carbocycles. The molecule has 0 fully saturated rings. The van der Waals surface area contributed by atoms with Crippen molar-refractivity contribution in [2.24, 2.45) is 0 Å². The maximum absolute atomic E-state index is 11.1. The molecule has 3 heteroatoms. The number of carbonyl (C=O) groups excluding carboxylic acids is 1. The van der Waals surface area contributed by atoms with Gasteiger partial charge in [0.15, 0.2) is 6.61 Å². The molecule has 0 heterocycles. The van der Waals surface area contributed by atoms with Crippen molar-refractivity contribution < 1.29 is 14.3 Å². The normalized spacial score (nSPS) is 11.1. The van der Waals surface area contributed by atoms with Crippen LogP contribution in [0.2, 0.25) is 0 Å². The van der Waals surface area contributed by atoms with Crippen LogP contribution in [0.3, 0.4) is 0 Å². The minimum atomic E-state index is -0.333. The first-order valence-corrected chi connectivity index (χ1v) is 5.73. The van der Waals surface area contributed by atoms with Crippen LogP contribution in [0.25, 0.3) is 0 Å². The number of ether oxygens (including phenoxy) is 2. The number of allylic oxidation sites excluding steroid dienone is 2. The lowest BCUT2D eigenvalue weighted by atomic mass is 10.1. The maximum atomic E-state index is 11.1. The summed E-state index contributed by atoms with van der Waals surface area (Å²) in [5.41, 5.74) is 1.16. The van der Waals surface area contributed by atoms with Gasteiger partial charge in [-0.25, -0.2) is 4.79 Å². The number of rotatable bonds is 6. The lowest BCUT2D eigenvalue weighted by Gasteiger charge is -2.09. The molecule has 0 aromatic heterocycles. The Morgan fingerprint density at radius 2 is 1.94 bits per heavy atom. The zero-order chi connectivity index (χ0) is 12.5. The van der Waals surface area contributed by atoms with Crippen molar-refractivity contribution >= 4 is 5.97 Å². The summed E-state index contributed by atoms with van der Waals surface area (Å²) in [5.74, 6) is 0.448. The zero-order valence-electron chi connectivity index (χ0n) is 10.3. The Hall–Kier alpha value is -1.77. The van der Waals surface area contributed by atoms with E-state index in [2.05, 4.69) is 0 Å². The molecule has 1 aromatic rings. The largest absolute Gasteiger partial charge is 0.486 e. The van der Waals surface area contributed by atoms with Crippen LogP contribution in [0, 0.1) is 0 Å². The van der Waals surface area contributed by atoms with E-state index in [1.807, 2.05) is 43.3 Å². The Morgan fingerprint density at radius 3 is 2.53 bits per heavy atom. The monoisotopic (exact) mass is 234 g/mol. The summed E-state index contributed by atoms with van der Waals surface area (Å²) < 4.78 is 10.2. The van der Waals surface area contributed by atoms with Crippen molar-refractivity contribution in [1.82, 2.24) is 0 Å². The van der Waals surface area contributed by atoms with Crippen LogP contribution in [0.5, 0.6) is 0 Å². The van der Waals surface area contributed by atoms with Crippen LogP contribution < -0.4 is 0 Å². The summed E-state index contributed by atoms with van der Waals surface area (Å²) in [6.45, 7) is 4.02. The van der Waals surface area contributed by atoms with E-state index in [1.54, 1.807) is 6.92 Å². The molecule has 0 aliphatic heterocycles. The lowest BCUT2D eigenvalue weighted by molar-refractivity contribution is -0.147. The average Bonchev–Trinajstić information content (AvgIpc) is 2.36. The zero-order valence-corrected chi connectivity index (χ0v) is 10.3. The molecule has 0 atom stereocenters. The van der Waals surface area contributed by atoms with Gasteiger partial charge < -0.3 is 9.47 Å². The van der Waals surface area contributed by atoms with Gasteiger partial charge in [-0.1, -0.05) is 30.3 Å². The fourth-order valence-corrected chi connectivity index (χ4v) is 1.39. The Bertz CT molecular complexity index is 368. The van der Waals surface area contributed by atoms with Gasteiger partial charge in [0.1, 0.15) is 0 Å². The quantitative estimate of drug-likeness (QED) is 0.561. The molecule has 0 aliphatic rings. The molecule has 0 saturated heterocycles. The highest BCUT2D eigenvalue weighted by molar-refractivity contribution is 5.70. The van der Waals surface area contributed by atoms with Gasteiger partial charge in [0.2, 0.25) is 0 Å². The van der Waals surface area contributed by atoms with Gasteiger partial charge in [0.05, 0.1) is 12.4 Å². The fourth-order valence-electron chi connectivity index (χ4n) is 1.39. The molecular formula is C14H18O3. The first-order valence-electron chi connectivity index (χ1n) is 5.73. The van der Waals surface area contributed by atoms with Crippen LogP contribution >= 0.6 is 0 Å². The highest BCUT2D eigenvalue weighted by atomic mass is 16.6. The summed E-state index contributed by atoms with van der Waals surface area (Å²) in [7, 11) is 0. The highest BCUT2D eigenvalue weighted by Gasteiger charge is 2.05. The molecule has 0 aliphatic carbocycles. The van der Waals surface area contributed by atoms with Crippen molar-refractivity contribution in [1.29, 1.82) is 0 Å². The van der Waals surface area contributed by atoms with Gasteiger partial charge in [0.25, 0.3) is 0 Å². The van der Waals surface area contributed by atoms with E-state index in [9.17, 15) is 4.79 Å². The molecule has 1 aromatic carbocycles. The highest BCUT2D eigenvalue weighted by Crippen LogP contribution is 2.09. The number of hydrogen-bond acceptors (Lipinski definition) is 3. The lowest BCUT2D eigenvalue weighted by Crippen LogP contribution is -2.12. The SMILES string of the molecule is C/C=C(\Cc1ccccc1)OCC(=O)OCC. The maximum Gasteiger partial charge on any atom is 0.344 e. The third-order valence-electron chi connectivity index (χ3n) is 2.22. The molecule has 0 radical (unpaired) electrons. The summed E-state index contributed by atoms with van der Waals surface area (Å²) in [5, 5.41) is 0. The van der Waals surface area contributed by atoms with Gasteiger partial charge in [-0.3, -0.25) is 0 Å². The minimum Gasteiger partial charge on any atom is -0.486 e. The smallest absolute Gasteiger partial charge is 0.344 e. The van der Waals surface area contributed by atoms with E-state index in [0.29, 0.717) is 13.0 Å². The molecule has 17 heavy (non-hydrogen) atoms. The Labute approximate surface area is 102 Å². The number of hydrogen-bond donors (Lipinski definition) is 0. The van der Waals surface area contributed by atoms with Gasteiger partial charge >= 0.3 is 5.97 Å². The van der Waals surface area contributed by atoms with Gasteiger partial charge in [-0.2, -0.15) is 0 Å². The van der Waals surface area contributed by atoms with Gasteiger partial charge in [0, 0.05) is 6.42 Å². The Morgan fingerprint density at radius 1 is 1.24 bits per heavy atom. The summed E-state index contributed by atoms with van der Waals surface area (Å²) >= 11 is 0. The van der Waals surface area contributed by atoms with Crippen LogP contribution in [-0.2, 0) is 20.7 Å². The van der Waals surface area contributed by atoms with Crippen LogP contribution in [0.15, 0.2) is 42.2 Å². The molecule has 0 unspecified atom stereocenters. The fraction of sp³-hybridized carbons (Fsp3) is 0.357. The van der Waals surface area contributed by atoms with Crippen LogP contribution in [0.1, 0.15) is 19.4 Å². The molecule has 0 amide bonds. The van der Waals surface area contributed by atoms with Crippen molar-refractivity contribution in [2.45, 2.75) is 20.3 Å². The molecule has 92 valence electrons. The minimum absolute atomic E-state index is 0.0274. The average molecular weight is 234 g/mol. The van der Waals surface area contributed by atoms with Crippen LogP contribution in [0.4, 0.5) is 0 Å². The van der Waals surface area contributed by atoms with Crippen molar-refractivity contribution in [3.8, 4) is 0 Å². The van der Waals surface area contributed by atoms with E-state index in [0.717, 1.165) is 11.3 Å². The van der Waals surface area contributed by atoms with E-state index >= 15 is 0 Å². The van der Waals surface area contributed by atoms with E-state index in [4.69, 9.17) is 9.47 Å².